The molecule has 0 radical (unpaired) electrons. The number of halogens is 2. The summed E-state index contributed by atoms with van der Waals surface area (Å²) >= 11 is 6.36. The summed E-state index contributed by atoms with van der Waals surface area (Å²) < 4.78 is 5.75. The molecular formula is C11H6Br2N2O4. The van der Waals surface area contributed by atoms with E-state index in [0.717, 1.165) is 0 Å². The molecule has 0 saturated carbocycles. The number of carbonyl (C=O) groups is 1. The number of nitro groups is 1. The second kappa shape index (κ2) is 5.54. The van der Waals surface area contributed by atoms with Gasteiger partial charge >= 0.3 is 0 Å². The lowest BCUT2D eigenvalue weighted by molar-refractivity contribution is -0.385. The molecule has 1 aromatic heterocycles. The lowest BCUT2D eigenvalue weighted by Crippen LogP contribution is -2.12. The molecule has 0 fully saturated rings. The van der Waals surface area contributed by atoms with E-state index < -0.39 is 10.8 Å². The standard InChI is InChI=1S/C11H6Br2N2O4/c12-7-4-6(15(17)18)5-8(13)10(7)14-11(16)9-2-1-3-19-9/h1-5H,(H,14,16). The van der Waals surface area contributed by atoms with Crippen LogP contribution < -0.4 is 5.32 Å². The number of nitro benzene ring substituents is 1. The summed E-state index contributed by atoms with van der Waals surface area (Å²) in [5.41, 5.74) is 0.307. The van der Waals surface area contributed by atoms with Crippen molar-refractivity contribution >= 4 is 49.1 Å². The summed E-state index contributed by atoms with van der Waals surface area (Å²) in [6, 6.07) is 5.72. The van der Waals surface area contributed by atoms with Gasteiger partial charge in [0.15, 0.2) is 5.76 Å². The number of nitrogens with one attached hydrogen (secondary N) is 1. The third-order valence-electron chi connectivity index (χ3n) is 2.22. The summed E-state index contributed by atoms with van der Waals surface area (Å²) in [5, 5.41) is 13.3. The fourth-order valence-corrected chi connectivity index (χ4v) is 2.73. The Kier molecular flexibility index (Phi) is 4.01. The number of furan rings is 1. The van der Waals surface area contributed by atoms with Gasteiger partial charge in [-0.15, -0.1) is 0 Å². The maximum atomic E-state index is 11.8. The Bertz CT molecular complexity index is 617. The maximum Gasteiger partial charge on any atom is 0.291 e. The number of non-ortho nitro benzene ring substituents is 1. The summed E-state index contributed by atoms with van der Waals surface area (Å²) in [7, 11) is 0. The van der Waals surface area contributed by atoms with Crippen molar-refractivity contribution in [3.8, 4) is 0 Å². The first-order chi connectivity index (χ1) is 8.99. The quantitative estimate of drug-likeness (QED) is 0.635. The minimum absolute atomic E-state index is 0.0882. The van der Waals surface area contributed by atoms with Gasteiger partial charge in [0, 0.05) is 21.1 Å². The monoisotopic (exact) mass is 388 g/mol. The molecule has 0 aliphatic carbocycles. The van der Waals surface area contributed by atoms with Crippen LogP contribution in [-0.4, -0.2) is 10.8 Å². The Hall–Kier alpha value is -1.67. The van der Waals surface area contributed by atoms with E-state index in [-0.39, 0.29) is 11.4 Å². The van der Waals surface area contributed by atoms with E-state index in [4.69, 9.17) is 4.42 Å². The van der Waals surface area contributed by atoms with Crippen LogP contribution in [0.2, 0.25) is 0 Å². The third kappa shape index (κ3) is 3.02. The summed E-state index contributed by atoms with van der Waals surface area (Å²) in [6.07, 6.45) is 1.38. The normalized spacial score (nSPS) is 10.2. The molecule has 8 heteroatoms. The van der Waals surface area contributed by atoms with Crippen LogP contribution in [0.4, 0.5) is 11.4 Å². The van der Waals surface area contributed by atoms with Crippen molar-refractivity contribution in [2.45, 2.75) is 0 Å². The lowest BCUT2D eigenvalue weighted by atomic mass is 10.2. The molecule has 0 saturated heterocycles. The van der Waals surface area contributed by atoms with Gasteiger partial charge in [0.2, 0.25) is 0 Å². The van der Waals surface area contributed by atoms with E-state index in [2.05, 4.69) is 37.2 Å². The Morgan fingerprint density at radius 1 is 1.32 bits per heavy atom. The highest BCUT2D eigenvalue weighted by atomic mass is 79.9. The number of rotatable bonds is 3. The summed E-state index contributed by atoms with van der Waals surface area (Å²) in [5.74, 6) is -0.294. The average molecular weight is 390 g/mol. The first-order valence-electron chi connectivity index (χ1n) is 4.97. The third-order valence-corrected chi connectivity index (χ3v) is 3.47. The topological polar surface area (TPSA) is 85.4 Å². The van der Waals surface area contributed by atoms with Crippen molar-refractivity contribution in [1.82, 2.24) is 0 Å². The molecule has 0 aliphatic heterocycles. The molecular weight excluding hydrogens is 384 g/mol. The fourth-order valence-electron chi connectivity index (χ4n) is 1.37. The van der Waals surface area contributed by atoms with E-state index in [9.17, 15) is 14.9 Å². The van der Waals surface area contributed by atoms with Crippen molar-refractivity contribution in [3.05, 3.63) is 55.3 Å². The molecule has 0 unspecified atom stereocenters. The highest BCUT2D eigenvalue weighted by Crippen LogP contribution is 2.35. The molecule has 1 aromatic carbocycles. The number of hydrogen-bond acceptors (Lipinski definition) is 4. The lowest BCUT2D eigenvalue weighted by Gasteiger charge is -2.08. The second-order valence-electron chi connectivity index (χ2n) is 3.47. The molecule has 1 amide bonds. The van der Waals surface area contributed by atoms with Crippen LogP contribution in [0, 0.1) is 10.1 Å². The van der Waals surface area contributed by atoms with Crippen molar-refractivity contribution in [2.24, 2.45) is 0 Å². The van der Waals surface area contributed by atoms with Gasteiger partial charge < -0.3 is 9.73 Å². The molecule has 0 atom stereocenters. The Morgan fingerprint density at radius 3 is 2.42 bits per heavy atom. The van der Waals surface area contributed by atoms with Crippen molar-refractivity contribution in [3.63, 3.8) is 0 Å². The van der Waals surface area contributed by atoms with Gasteiger partial charge in [-0.1, -0.05) is 0 Å². The van der Waals surface area contributed by atoms with E-state index in [1.165, 1.54) is 24.5 Å². The van der Waals surface area contributed by atoms with E-state index >= 15 is 0 Å². The maximum absolute atomic E-state index is 11.8. The highest BCUT2D eigenvalue weighted by Gasteiger charge is 2.17. The zero-order valence-corrected chi connectivity index (χ0v) is 12.4. The predicted octanol–water partition coefficient (Wildman–Crippen LogP) is 3.97. The molecule has 0 bridgehead atoms. The van der Waals surface area contributed by atoms with Gasteiger partial charge in [0.05, 0.1) is 16.9 Å². The van der Waals surface area contributed by atoms with E-state index in [0.29, 0.717) is 14.6 Å². The number of hydrogen-bond donors (Lipinski definition) is 1. The van der Waals surface area contributed by atoms with Crippen molar-refractivity contribution in [2.75, 3.05) is 5.32 Å². The summed E-state index contributed by atoms with van der Waals surface area (Å²) in [4.78, 5) is 22.0. The first-order valence-corrected chi connectivity index (χ1v) is 6.56. The van der Waals surface area contributed by atoms with E-state index in [1.807, 2.05) is 0 Å². The zero-order chi connectivity index (χ0) is 14.0. The smallest absolute Gasteiger partial charge is 0.291 e. The molecule has 19 heavy (non-hydrogen) atoms. The zero-order valence-electron chi connectivity index (χ0n) is 9.22. The average Bonchev–Trinajstić information content (AvgIpc) is 2.86. The van der Waals surface area contributed by atoms with Gasteiger partial charge in [-0.05, 0) is 44.0 Å². The van der Waals surface area contributed by atoms with Gasteiger partial charge in [0.1, 0.15) is 0 Å². The number of benzene rings is 1. The molecule has 98 valence electrons. The number of anilines is 1. The minimum atomic E-state index is -0.520. The predicted molar refractivity (Wildman–Crippen MR) is 75.2 cm³/mol. The van der Waals surface area contributed by atoms with Crippen LogP contribution in [0.1, 0.15) is 10.6 Å². The van der Waals surface area contributed by atoms with Gasteiger partial charge in [-0.25, -0.2) is 0 Å². The van der Waals surface area contributed by atoms with Crippen LogP contribution in [0.3, 0.4) is 0 Å². The first kappa shape index (κ1) is 13.8. The minimum Gasteiger partial charge on any atom is -0.459 e. The van der Waals surface area contributed by atoms with Crippen LogP contribution >= 0.6 is 31.9 Å². The molecule has 0 spiro atoms. The number of carbonyl (C=O) groups excluding carboxylic acids is 1. The van der Waals surface area contributed by atoms with Crippen molar-refractivity contribution in [1.29, 1.82) is 0 Å². The summed E-state index contributed by atoms with van der Waals surface area (Å²) in [6.45, 7) is 0. The second-order valence-corrected chi connectivity index (χ2v) is 5.18. The van der Waals surface area contributed by atoms with Crippen LogP contribution in [0.25, 0.3) is 0 Å². The molecule has 2 aromatic rings. The molecule has 1 N–H and O–H groups in total. The molecule has 0 aliphatic rings. The molecule has 1 heterocycles. The number of amides is 1. The van der Waals surface area contributed by atoms with Gasteiger partial charge in [-0.3, -0.25) is 14.9 Å². The van der Waals surface area contributed by atoms with E-state index in [1.54, 1.807) is 6.07 Å². The molecule has 6 nitrogen and oxygen atoms in total. The van der Waals surface area contributed by atoms with Gasteiger partial charge in [-0.2, -0.15) is 0 Å². The van der Waals surface area contributed by atoms with Crippen LogP contribution in [0.15, 0.2) is 43.9 Å². The van der Waals surface area contributed by atoms with Crippen LogP contribution in [-0.2, 0) is 0 Å². The van der Waals surface area contributed by atoms with Gasteiger partial charge in [0.25, 0.3) is 11.6 Å². The SMILES string of the molecule is O=C(Nc1c(Br)cc([N+](=O)[O-])cc1Br)c1ccco1. The largest absolute Gasteiger partial charge is 0.459 e. The Labute approximate surface area is 124 Å². The van der Waals surface area contributed by atoms with Crippen LogP contribution in [0.5, 0.6) is 0 Å². The molecule has 2 rings (SSSR count). The fraction of sp³-hybridized carbons (Fsp3) is 0. The van der Waals surface area contributed by atoms with Crippen molar-refractivity contribution < 1.29 is 14.1 Å². The number of nitrogens with zero attached hydrogens (tertiary/aromatic N) is 1. The Morgan fingerprint density at radius 2 is 1.95 bits per heavy atom. The Balaban J connectivity index is 2.31. The highest BCUT2D eigenvalue weighted by molar-refractivity contribution is 9.11.